The van der Waals surface area contributed by atoms with E-state index >= 15 is 0 Å². The van der Waals surface area contributed by atoms with Crippen LogP contribution in [0.3, 0.4) is 0 Å². The quantitative estimate of drug-likeness (QED) is 0.471. The first-order valence-corrected chi connectivity index (χ1v) is 14.2. The first-order valence-electron chi connectivity index (χ1n) is 14.2. The molecule has 3 N–H and O–H groups in total. The normalized spacial score (nSPS) is 57.7. The molecule has 0 heterocycles. The Hall–Kier alpha value is -0.120. The second-order valence-corrected chi connectivity index (χ2v) is 14.8. The highest BCUT2D eigenvalue weighted by Crippen LogP contribution is 2.73. The van der Waals surface area contributed by atoms with Gasteiger partial charge in [-0.1, -0.05) is 61.8 Å². The fourth-order valence-corrected chi connectivity index (χ4v) is 11.0. The van der Waals surface area contributed by atoms with E-state index in [2.05, 4.69) is 55.4 Å². The van der Waals surface area contributed by atoms with Crippen molar-refractivity contribution in [2.24, 2.45) is 69.5 Å². The molecular formula is C30H54O3. The molecule has 0 bridgehead atoms. The fourth-order valence-electron chi connectivity index (χ4n) is 11.0. The molecule has 0 aromatic rings. The van der Waals surface area contributed by atoms with Gasteiger partial charge in [0.25, 0.3) is 0 Å². The largest absolute Gasteiger partial charge is 0.393 e. The predicted molar refractivity (Wildman–Crippen MR) is 135 cm³/mol. The maximum absolute atomic E-state index is 12.1. The number of aliphatic hydroxyl groups is 3. The lowest BCUT2D eigenvalue weighted by molar-refractivity contribution is -0.279. The van der Waals surface area contributed by atoms with Crippen molar-refractivity contribution >= 4 is 0 Å². The van der Waals surface area contributed by atoms with E-state index in [0.29, 0.717) is 29.6 Å². The summed E-state index contributed by atoms with van der Waals surface area (Å²) >= 11 is 0. The molecule has 14 atom stereocenters. The van der Waals surface area contributed by atoms with Gasteiger partial charge in [0.05, 0.1) is 18.3 Å². The molecule has 0 spiro atoms. The van der Waals surface area contributed by atoms with Crippen LogP contribution >= 0.6 is 0 Å². The van der Waals surface area contributed by atoms with Gasteiger partial charge in [0.1, 0.15) is 0 Å². The maximum Gasteiger partial charge on any atom is 0.0656 e. The van der Waals surface area contributed by atoms with Crippen LogP contribution < -0.4 is 0 Å². The Morgan fingerprint density at radius 3 is 2.12 bits per heavy atom. The minimum Gasteiger partial charge on any atom is -0.393 e. The Kier molecular flexibility index (Phi) is 6.67. The van der Waals surface area contributed by atoms with E-state index in [1.165, 1.54) is 25.7 Å². The van der Waals surface area contributed by atoms with Gasteiger partial charge in [-0.25, -0.2) is 0 Å². The van der Waals surface area contributed by atoms with Gasteiger partial charge < -0.3 is 15.3 Å². The van der Waals surface area contributed by atoms with E-state index in [9.17, 15) is 15.3 Å². The van der Waals surface area contributed by atoms with Gasteiger partial charge >= 0.3 is 0 Å². The summed E-state index contributed by atoms with van der Waals surface area (Å²) in [5.74, 6) is 3.70. The maximum atomic E-state index is 12.1. The highest BCUT2D eigenvalue weighted by atomic mass is 16.3. The summed E-state index contributed by atoms with van der Waals surface area (Å²) in [6.07, 6.45) is 5.91. The lowest BCUT2D eigenvalue weighted by Crippen LogP contribution is -2.70. The van der Waals surface area contributed by atoms with Gasteiger partial charge in [0.2, 0.25) is 0 Å². The third-order valence-electron chi connectivity index (χ3n) is 12.3. The zero-order chi connectivity index (χ0) is 24.7. The topological polar surface area (TPSA) is 60.7 Å². The number of hydrogen-bond donors (Lipinski definition) is 3. The molecule has 0 aromatic heterocycles. The van der Waals surface area contributed by atoms with Gasteiger partial charge in [-0.2, -0.15) is 0 Å². The van der Waals surface area contributed by atoms with Crippen LogP contribution in [0, 0.1) is 69.5 Å². The van der Waals surface area contributed by atoms with Gasteiger partial charge in [-0.3, -0.25) is 0 Å². The number of fused-ring (bicyclic) bond motifs is 3. The monoisotopic (exact) mass is 462 g/mol. The molecule has 0 saturated heterocycles. The molecule has 4 aliphatic rings. The van der Waals surface area contributed by atoms with Gasteiger partial charge in [-0.05, 0) is 97.2 Å². The highest BCUT2D eigenvalue weighted by molar-refractivity contribution is 5.18. The molecule has 0 aromatic carbocycles. The van der Waals surface area contributed by atoms with Crippen molar-refractivity contribution in [2.75, 3.05) is 0 Å². The standard InChI is InChI=1S/C30H54O3/c1-16(2)12-21-11-10-17(3)24-22(21)14-28(7)15-29(8)13-18(4)23(20(6)31)27(33)30(29,9)19(5)25(28)26(24)32/h16-27,31-33H,10-15H2,1-9H3/t17?,18?,19?,20?,21?,22?,23?,24?,25?,26?,27?,28-,29+,30+/m0/s1. The van der Waals surface area contributed by atoms with E-state index in [-0.39, 0.29) is 40.1 Å². The third-order valence-corrected chi connectivity index (χ3v) is 12.3. The van der Waals surface area contributed by atoms with Crippen LogP contribution in [0.15, 0.2) is 0 Å². The summed E-state index contributed by atoms with van der Waals surface area (Å²) < 4.78 is 0. The Balaban J connectivity index is 1.75. The molecule has 3 heteroatoms. The minimum atomic E-state index is -0.534. The molecule has 3 nitrogen and oxygen atoms in total. The molecule has 192 valence electrons. The van der Waals surface area contributed by atoms with Crippen LogP contribution in [-0.2, 0) is 0 Å². The average molecular weight is 463 g/mol. The molecule has 4 fully saturated rings. The summed E-state index contributed by atoms with van der Waals surface area (Å²) in [5.41, 5.74) is -0.172. The second kappa shape index (κ2) is 8.48. The first-order chi connectivity index (χ1) is 15.2. The number of hydrogen-bond acceptors (Lipinski definition) is 3. The van der Waals surface area contributed by atoms with E-state index < -0.39 is 12.2 Å². The van der Waals surface area contributed by atoms with Gasteiger partial charge in [0.15, 0.2) is 0 Å². The summed E-state index contributed by atoms with van der Waals surface area (Å²) in [6, 6.07) is 0. The van der Waals surface area contributed by atoms with Crippen LogP contribution in [0.2, 0.25) is 0 Å². The van der Waals surface area contributed by atoms with E-state index in [4.69, 9.17) is 0 Å². The van der Waals surface area contributed by atoms with E-state index in [1.807, 2.05) is 6.92 Å². The molecule has 0 aliphatic heterocycles. The van der Waals surface area contributed by atoms with E-state index in [0.717, 1.165) is 18.8 Å². The van der Waals surface area contributed by atoms with Crippen molar-refractivity contribution in [3.8, 4) is 0 Å². The Morgan fingerprint density at radius 1 is 0.909 bits per heavy atom. The van der Waals surface area contributed by atoms with Crippen molar-refractivity contribution in [1.29, 1.82) is 0 Å². The average Bonchev–Trinajstić information content (AvgIpc) is 2.66. The summed E-state index contributed by atoms with van der Waals surface area (Å²) in [6.45, 7) is 20.7. The Labute approximate surface area is 204 Å². The minimum absolute atomic E-state index is 0.0161. The lowest BCUT2D eigenvalue weighted by Gasteiger charge is -2.72. The molecule has 33 heavy (non-hydrogen) atoms. The first kappa shape index (κ1) is 26.0. The predicted octanol–water partition coefficient (Wildman–Crippen LogP) is 6.15. The Morgan fingerprint density at radius 2 is 1.55 bits per heavy atom. The SMILES string of the molecule is CC(C)CC1CCC(C)C2C(O)C3C(C)[C@]4(C)C(O)C(C(C)O)C(C)C[C@]4(C)C[C@]3(C)CC12. The van der Waals surface area contributed by atoms with Gasteiger partial charge in [0, 0.05) is 11.3 Å². The summed E-state index contributed by atoms with van der Waals surface area (Å²) in [4.78, 5) is 0. The Bertz CT molecular complexity index is 719. The third kappa shape index (κ3) is 3.69. The van der Waals surface area contributed by atoms with Crippen molar-refractivity contribution < 1.29 is 15.3 Å². The molecule has 0 radical (unpaired) electrons. The fraction of sp³-hybridized carbons (Fsp3) is 1.00. The number of rotatable bonds is 3. The summed E-state index contributed by atoms with van der Waals surface area (Å²) in [5, 5.41) is 34.6. The molecule has 4 rings (SSSR count). The molecule has 4 saturated carbocycles. The molecule has 4 aliphatic carbocycles. The van der Waals surface area contributed by atoms with Crippen molar-refractivity contribution in [2.45, 2.75) is 119 Å². The van der Waals surface area contributed by atoms with Crippen molar-refractivity contribution in [1.82, 2.24) is 0 Å². The summed E-state index contributed by atoms with van der Waals surface area (Å²) in [7, 11) is 0. The van der Waals surface area contributed by atoms with Crippen LogP contribution in [0.1, 0.15) is 101 Å². The molecular weight excluding hydrogens is 408 g/mol. The number of aliphatic hydroxyl groups excluding tert-OH is 3. The zero-order valence-corrected chi connectivity index (χ0v) is 23.0. The molecule has 0 amide bonds. The van der Waals surface area contributed by atoms with Gasteiger partial charge in [-0.15, -0.1) is 0 Å². The van der Waals surface area contributed by atoms with Crippen molar-refractivity contribution in [3.63, 3.8) is 0 Å². The molecule has 11 unspecified atom stereocenters. The van der Waals surface area contributed by atoms with Crippen molar-refractivity contribution in [3.05, 3.63) is 0 Å². The highest BCUT2D eigenvalue weighted by Gasteiger charge is 2.70. The van der Waals surface area contributed by atoms with Crippen LogP contribution in [0.25, 0.3) is 0 Å². The van der Waals surface area contributed by atoms with Crippen LogP contribution in [0.4, 0.5) is 0 Å². The van der Waals surface area contributed by atoms with Crippen LogP contribution in [-0.4, -0.2) is 33.6 Å². The second-order valence-electron chi connectivity index (χ2n) is 14.8. The zero-order valence-electron chi connectivity index (χ0n) is 23.0. The van der Waals surface area contributed by atoms with Crippen LogP contribution in [0.5, 0.6) is 0 Å². The smallest absolute Gasteiger partial charge is 0.0656 e. The lowest BCUT2D eigenvalue weighted by atomic mass is 9.34. The van der Waals surface area contributed by atoms with E-state index in [1.54, 1.807) is 0 Å².